The number of aromatic hydroxyl groups is 1. The number of hydrogen-bond acceptors (Lipinski definition) is 10. The molecule has 14 heteroatoms. The standard InChI is InChI=1S/C17H14N6O7S/c1-30-13-8-10(21-23-14-15(24)18-17(26)19-16(14)25)5-6-12(13)22-20-9-3-2-4-11(7-9)31(27,28)29/h2-8H,1H3,(H,27,28,29)(H3,18,19,24,25,26). The van der Waals surface area contributed by atoms with E-state index in [0.717, 1.165) is 6.07 Å². The summed E-state index contributed by atoms with van der Waals surface area (Å²) in [5, 5.41) is 24.9. The molecule has 0 saturated carbocycles. The van der Waals surface area contributed by atoms with Crippen LogP contribution in [0.3, 0.4) is 0 Å². The Labute approximate surface area is 173 Å². The van der Waals surface area contributed by atoms with E-state index in [1.54, 1.807) is 0 Å². The van der Waals surface area contributed by atoms with Crippen LogP contribution in [0.5, 0.6) is 11.6 Å². The predicted octanol–water partition coefficient (Wildman–Crippen LogP) is 2.85. The SMILES string of the molecule is COc1cc(N=Nc2c(O)[nH]c(=O)[nH]c2=O)ccc1N=Nc1cccc(S(=O)(=O)O)c1. The second-order valence-corrected chi connectivity index (χ2v) is 7.26. The molecule has 4 N–H and O–H groups in total. The molecule has 0 saturated heterocycles. The molecule has 0 aliphatic rings. The van der Waals surface area contributed by atoms with Crippen LogP contribution in [0, 0.1) is 0 Å². The summed E-state index contributed by atoms with van der Waals surface area (Å²) in [5.74, 6) is -0.507. The van der Waals surface area contributed by atoms with Gasteiger partial charge in [0.15, 0.2) is 0 Å². The molecule has 0 fully saturated rings. The molecule has 3 aromatic rings. The molecule has 0 amide bonds. The smallest absolute Gasteiger partial charge is 0.328 e. The lowest BCUT2D eigenvalue weighted by atomic mass is 10.2. The van der Waals surface area contributed by atoms with Crippen molar-refractivity contribution in [3.05, 3.63) is 63.3 Å². The highest BCUT2D eigenvalue weighted by Gasteiger charge is 2.10. The Kier molecular flexibility index (Phi) is 6.03. The van der Waals surface area contributed by atoms with Crippen LogP contribution in [-0.2, 0) is 10.1 Å². The Morgan fingerprint density at radius 1 is 0.935 bits per heavy atom. The molecule has 1 aromatic heterocycles. The third-order valence-corrected chi connectivity index (χ3v) is 4.57. The first-order valence-electron chi connectivity index (χ1n) is 8.32. The van der Waals surface area contributed by atoms with E-state index in [4.69, 9.17) is 9.29 Å². The van der Waals surface area contributed by atoms with Gasteiger partial charge in [-0.05, 0) is 30.3 Å². The summed E-state index contributed by atoms with van der Waals surface area (Å²) in [7, 11) is -3.01. The van der Waals surface area contributed by atoms with Gasteiger partial charge in [0.05, 0.1) is 23.4 Å². The number of aromatic amines is 2. The molecule has 2 aromatic carbocycles. The van der Waals surface area contributed by atoms with Gasteiger partial charge in [0.25, 0.3) is 15.7 Å². The highest BCUT2D eigenvalue weighted by molar-refractivity contribution is 7.85. The van der Waals surface area contributed by atoms with Crippen LogP contribution in [0.4, 0.5) is 22.7 Å². The summed E-state index contributed by atoms with van der Waals surface area (Å²) >= 11 is 0. The van der Waals surface area contributed by atoms with Crippen LogP contribution < -0.4 is 16.0 Å². The van der Waals surface area contributed by atoms with Crippen molar-refractivity contribution in [2.75, 3.05) is 7.11 Å². The summed E-state index contributed by atoms with van der Waals surface area (Å²) in [6, 6.07) is 9.59. The first-order chi connectivity index (χ1) is 14.7. The minimum atomic E-state index is -4.38. The lowest BCUT2D eigenvalue weighted by molar-refractivity contribution is 0.416. The maximum atomic E-state index is 11.7. The number of methoxy groups -OCH3 is 1. The van der Waals surface area contributed by atoms with Crippen LogP contribution in [0.2, 0.25) is 0 Å². The molecule has 0 atom stereocenters. The Morgan fingerprint density at radius 3 is 2.32 bits per heavy atom. The lowest BCUT2D eigenvalue weighted by Gasteiger charge is -2.04. The Bertz CT molecular complexity index is 1410. The van der Waals surface area contributed by atoms with E-state index in [1.807, 2.05) is 9.97 Å². The second-order valence-electron chi connectivity index (χ2n) is 5.83. The van der Waals surface area contributed by atoms with Crippen molar-refractivity contribution in [2.24, 2.45) is 20.5 Å². The molecule has 0 bridgehead atoms. The van der Waals surface area contributed by atoms with Crippen molar-refractivity contribution < 1.29 is 22.8 Å². The Balaban J connectivity index is 1.88. The molecule has 1 heterocycles. The van der Waals surface area contributed by atoms with Crippen LogP contribution in [0.25, 0.3) is 0 Å². The summed E-state index contributed by atoms with van der Waals surface area (Å²) in [5.41, 5.74) is -1.62. The minimum absolute atomic E-state index is 0.175. The van der Waals surface area contributed by atoms with Crippen molar-refractivity contribution in [3.63, 3.8) is 0 Å². The first-order valence-corrected chi connectivity index (χ1v) is 9.76. The van der Waals surface area contributed by atoms with Gasteiger partial charge >= 0.3 is 5.69 Å². The topological polar surface area (TPSA) is 199 Å². The van der Waals surface area contributed by atoms with E-state index in [-0.39, 0.29) is 27.7 Å². The zero-order valence-electron chi connectivity index (χ0n) is 15.7. The molecular weight excluding hydrogens is 432 g/mol. The highest BCUT2D eigenvalue weighted by atomic mass is 32.2. The van der Waals surface area contributed by atoms with E-state index in [9.17, 15) is 23.1 Å². The van der Waals surface area contributed by atoms with E-state index < -0.39 is 32.9 Å². The summed E-state index contributed by atoms with van der Waals surface area (Å²) < 4.78 is 36.7. The monoisotopic (exact) mass is 446 g/mol. The third kappa shape index (κ3) is 5.26. The molecule has 0 unspecified atom stereocenters. The number of H-pyrrole nitrogens is 2. The normalized spacial score (nSPS) is 11.9. The number of aromatic nitrogens is 2. The molecule has 3 rings (SSSR count). The fraction of sp³-hybridized carbons (Fsp3) is 0.0588. The van der Waals surface area contributed by atoms with E-state index in [0.29, 0.717) is 0 Å². The summed E-state index contributed by atoms with van der Waals surface area (Å²) in [4.78, 5) is 26.3. The van der Waals surface area contributed by atoms with Crippen LogP contribution in [0.1, 0.15) is 0 Å². The maximum Gasteiger partial charge on any atom is 0.328 e. The summed E-state index contributed by atoms with van der Waals surface area (Å²) in [6.07, 6.45) is 0. The minimum Gasteiger partial charge on any atom is -0.494 e. The molecule has 160 valence electrons. The van der Waals surface area contributed by atoms with Crippen molar-refractivity contribution in [3.8, 4) is 11.6 Å². The molecule has 0 aliphatic carbocycles. The van der Waals surface area contributed by atoms with Crippen LogP contribution in [0.15, 0.2) is 77.4 Å². The van der Waals surface area contributed by atoms with Gasteiger partial charge in [0, 0.05) is 6.07 Å². The number of nitrogens with one attached hydrogen (secondary N) is 2. The van der Waals surface area contributed by atoms with E-state index in [1.165, 1.54) is 43.5 Å². The van der Waals surface area contributed by atoms with E-state index in [2.05, 4.69) is 20.5 Å². The zero-order valence-corrected chi connectivity index (χ0v) is 16.5. The zero-order chi connectivity index (χ0) is 22.6. The van der Waals surface area contributed by atoms with Gasteiger partial charge in [-0.25, -0.2) is 4.79 Å². The average Bonchev–Trinajstić information content (AvgIpc) is 2.71. The van der Waals surface area contributed by atoms with Crippen molar-refractivity contribution in [1.82, 2.24) is 9.97 Å². The van der Waals surface area contributed by atoms with Gasteiger partial charge in [-0.15, -0.1) is 10.2 Å². The van der Waals surface area contributed by atoms with Crippen molar-refractivity contribution in [2.45, 2.75) is 4.90 Å². The van der Waals surface area contributed by atoms with Crippen LogP contribution >= 0.6 is 0 Å². The molecule has 31 heavy (non-hydrogen) atoms. The fourth-order valence-corrected chi connectivity index (χ4v) is 2.82. The van der Waals surface area contributed by atoms with Gasteiger partial charge in [-0.3, -0.25) is 19.3 Å². The first kappa shape index (κ1) is 21.5. The molecule has 0 radical (unpaired) electrons. The molecule has 0 spiro atoms. The Hall–Kier alpha value is -4.17. The fourth-order valence-electron chi connectivity index (χ4n) is 2.30. The van der Waals surface area contributed by atoms with Gasteiger partial charge in [0.1, 0.15) is 11.4 Å². The van der Waals surface area contributed by atoms with Gasteiger partial charge in [-0.1, -0.05) is 6.07 Å². The number of nitrogens with zero attached hydrogens (tertiary/aromatic N) is 4. The molecule has 13 nitrogen and oxygen atoms in total. The molecule has 0 aliphatic heterocycles. The largest absolute Gasteiger partial charge is 0.494 e. The van der Waals surface area contributed by atoms with Gasteiger partial charge in [0.2, 0.25) is 11.6 Å². The number of rotatable bonds is 6. The summed E-state index contributed by atoms with van der Waals surface area (Å²) in [6.45, 7) is 0. The predicted molar refractivity (Wildman–Crippen MR) is 107 cm³/mol. The number of hydrogen-bond donors (Lipinski definition) is 4. The quantitative estimate of drug-likeness (QED) is 0.329. The molecular formula is C17H14N6O7S. The number of benzene rings is 2. The number of azo groups is 2. The van der Waals surface area contributed by atoms with Crippen LogP contribution in [-0.4, -0.2) is 35.2 Å². The van der Waals surface area contributed by atoms with Gasteiger partial charge < -0.3 is 9.84 Å². The maximum absolute atomic E-state index is 11.7. The Morgan fingerprint density at radius 2 is 1.65 bits per heavy atom. The van der Waals surface area contributed by atoms with Gasteiger partial charge in [-0.2, -0.15) is 18.6 Å². The lowest BCUT2D eigenvalue weighted by Crippen LogP contribution is -2.20. The third-order valence-electron chi connectivity index (χ3n) is 3.72. The van der Waals surface area contributed by atoms with Crippen molar-refractivity contribution in [1.29, 1.82) is 0 Å². The van der Waals surface area contributed by atoms with Crippen molar-refractivity contribution >= 4 is 32.9 Å². The number of ether oxygens (including phenoxy) is 1. The highest BCUT2D eigenvalue weighted by Crippen LogP contribution is 2.34. The van der Waals surface area contributed by atoms with E-state index >= 15 is 0 Å². The average molecular weight is 446 g/mol. The second kappa shape index (κ2) is 8.68.